The first-order chi connectivity index (χ1) is 9.00. The molecular formula is C13H23NO4S. The molecule has 1 aliphatic carbocycles. The predicted octanol–water partition coefficient (Wildman–Crippen LogP) is 0.839. The molecule has 2 fully saturated rings. The number of ether oxygens (including phenoxy) is 1. The van der Waals surface area contributed by atoms with Gasteiger partial charge in [0.2, 0.25) is 5.91 Å². The van der Waals surface area contributed by atoms with E-state index in [1.807, 2.05) is 0 Å². The number of methoxy groups -OCH3 is 1. The molecule has 1 saturated carbocycles. The molecule has 1 aliphatic heterocycles. The maximum atomic E-state index is 12.2. The minimum atomic E-state index is -2.91. The Morgan fingerprint density at radius 3 is 2.58 bits per heavy atom. The summed E-state index contributed by atoms with van der Waals surface area (Å²) < 4.78 is 28.0. The Kier molecular flexibility index (Phi) is 4.84. The maximum absolute atomic E-state index is 12.2. The molecule has 1 saturated heterocycles. The van der Waals surface area contributed by atoms with Gasteiger partial charge in [-0.05, 0) is 25.2 Å². The Hall–Kier alpha value is -0.620. The number of sulfone groups is 1. The molecule has 0 aromatic rings. The Morgan fingerprint density at radius 1 is 1.26 bits per heavy atom. The zero-order chi connectivity index (χ0) is 13.9. The highest BCUT2D eigenvalue weighted by atomic mass is 32.2. The number of hydrogen-bond donors (Lipinski definition) is 0. The molecular weight excluding hydrogens is 266 g/mol. The van der Waals surface area contributed by atoms with E-state index in [1.54, 1.807) is 12.0 Å². The van der Waals surface area contributed by atoms with Crippen LogP contribution in [-0.4, -0.2) is 57.0 Å². The van der Waals surface area contributed by atoms with Crippen LogP contribution in [0.4, 0.5) is 0 Å². The third kappa shape index (κ3) is 4.18. The van der Waals surface area contributed by atoms with Gasteiger partial charge < -0.3 is 9.64 Å². The lowest BCUT2D eigenvalue weighted by Crippen LogP contribution is -2.44. The number of rotatable bonds is 3. The predicted molar refractivity (Wildman–Crippen MR) is 72.6 cm³/mol. The third-order valence-corrected chi connectivity index (χ3v) is 5.84. The first-order valence-corrected chi connectivity index (χ1v) is 8.83. The normalized spacial score (nSPS) is 31.1. The van der Waals surface area contributed by atoms with Gasteiger partial charge in [0.25, 0.3) is 0 Å². The van der Waals surface area contributed by atoms with Crippen LogP contribution in [0.2, 0.25) is 0 Å². The van der Waals surface area contributed by atoms with Crippen LogP contribution in [0.25, 0.3) is 0 Å². The van der Waals surface area contributed by atoms with E-state index in [4.69, 9.17) is 4.74 Å². The lowest BCUT2D eigenvalue weighted by molar-refractivity contribution is -0.132. The fourth-order valence-electron chi connectivity index (χ4n) is 2.98. The van der Waals surface area contributed by atoms with E-state index in [-0.39, 0.29) is 23.5 Å². The van der Waals surface area contributed by atoms with Crippen molar-refractivity contribution < 1.29 is 17.9 Å². The minimum absolute atomic E-state index is 0.108. The molecule has 2 unspecified atom stereocenters. The van der Waals surface area contributed by atoms with Gasteiger partial charge in [-0.3, -0.25) is 4.79 Å². The molecule has 1 amide bonds. The van der Waals surface area contributed by atoms with E-state index in [9.17, 15) is 13.2 Å². The second kappa shape index (κ2) is 6.22. The molecule has 1 heterocycles. The van der Waals surface area contributed by atoms with Crippen molar-refractivity contribution in [3.05, 3.63) is 0 Å². The summed E-state index contributed by atoms with van der Waals surface area (Å²) in [6.45, 7) is 0.725. The summed E-state index contributed by atoms with van der Waals surface area (Å²) in [7, 11) is -1.18. The summed E-state index contributed by atoms with van der Waals surface area (Å²) in [5.74, 6) is 0.732. The monoisotopic (exact) mass is 289 g/mol. The van der Waals surface area contributed by atoms with Gasteiger partial charge in [-0.25, -0.2) is 8.42 Å². The van der Waals surface area contributed by atoms with E-state index in [0.717, 1.165) is 25.7 Å². The molecule has 0 aromatic heterocycles. The number of hydrogen-bond acceptors (Lipinski definition) is 4. The van der Waals surface area contributed by atoms with Crippen LogP contribution in [-0.2, 0) is 19.4 Å². The van der Waals surface area contributed by atoms with E-state index in [1.165, 1.54) is 0 Å². The Balaban J connectivity index is 1.81. The lowest BCUT2D eigenvalue weighted by Gasteiger charge is -2.31. The average Bonchev–Trinajstić information content (AvgIpc) is 2.38. The first kappa shape index (κ1) is 14.8. The number of nitrogens with zero attached hydrogens (tertiary/aromatic N) is 1. The van der Waals surface area contributed by atoms with Gasteiger partial charge in [0.1, 0.15) is 0 Å². The zero-order valence-electron chi connectivity index (χ0n) is 11.5. The van der Waals surface area contributed by atoms with Gasteiger partial charge in [0.15, 0.2) is 9.84 Å². The topological polar surface area (TPSA) is 63.7 Å². The molecule has 2 atom stereocenters. The molecule has 2 rings (SSSR count). The van der Waals surface area contributed by atoms with Crippen LogP contribution in [0.1, 0.15) is 32.1 Å². The molecule has 0 bridgehead atoms. The molecule has 5 nitrogen and oxygen atoms in total. The molecule has 0 aromatic carbocycles. The van der Waals surface area contributed by atoms with Crippen LogP contribution >= 0.6 is 0 Å². The smallest absolute Gasteiger partial charge is 0.222 e. The molecule has 0 spiro atoms. The Labute approximate surface area is 115 Å². The highest BCUT2D eigenvalue weighted by molar-refractivity contribution is 7.91. The van der Waals surface area contributed by atoms with Crippen LogP contribution in [0, 0.1) is 5.92 Å². The maximum Gasteiger partial charge on any atom is 0.222 e. The molecule has 110 valence electrons. The summed E-state index contributed by atoms with van der Waals surface area (Å²) in [4.78, 5) is 13.9. The summed E-state index contributed by atoms with van der Waals surface area (Å²) in [5.41, 5.74) is 0. The summed E-state index contributed by atoms with van der Waals surface area (Å²) in [6, 6.07) is 0. The van der Waals surface area contributed by atoms with Crippen molar-refractivity contribution in [1.29, 1.82) is 0 Å². The highest BCUT2D eigenvalue weighted by Crippen LogP contribution is 2.29. The second-order valence-electron chi connectivity index (χ2n) is 5.63. The molecule has 19 heavy (non-hydrogen) atoms. The first-order valence-electron chi connectivity index (χ1n) is 7.01. The average molecular weight is 289 g/mol. The van der Waals surface area contributed by atoms with Crippen molar-refractivity contribution in [2.75, 3.05) is 31.7 Å². The lowest BCUT2D eigenvalue weighted by atomic mass is 9.85. The Morgan fingerprint density at radius 2 is 1.95 bits per heavy atom. The molecule has 6 heteroatoms. The second-order valence-corrected chi connectivity index (χ2v) is 7.93. The Bertz CT molecular complexity index is 406. The number of carbonyl (C=O) groups excluding carboxylic acids is 1. The van der Waals surface area contributed by atoms with Crippen molar-refractivity contribution in [2.24, 2.45) is 5.92 Å². The van der Waals surface area contributed by atoms with E-state index in [2.05, 4.69) is 0 Å². The quantitative estimate of drug-likeness (QED) is 0.772. The van der Waals surface area contributed by atoms with E-state index < -0.39 is 9.84 Å². The molecule has 0 radical (unpaired) electrons. The van der Waals surface area contributed by atoms with Gasteiger partial charge in [-0.15, -0.1) is 0 Å². The van der Waals surface area contributed by atoms with Crippen molar-refractivity contribution in [3.63, 3.8) is 0 Å². The van der Waals surface area contributed by atoms with Crippen molar-refractivity contribution in [3.8, 4) is 0 Å². The third-order valence-electron chi connectivity index (χ3n) is 4.23. The van der Waals surface area contributed by atoms with Crippen molar-refractivity contribution in [2.45, 2.75) is 38.2 Å². The molecule has 2 aliphatic rings. The van der Waals surface area contributed by atoms with Crippen LogP contribution < -0.4 is 0 Å². The summed E-state index contributed by atoms with van der Waals surface area (Å²) in [5, 5.41) is 0. The fraction of sp³-hybridized carbons (Fsp3) is 0.923. The standard InChI is InChI=1S/C13H23NO4S/c1-18-12-4-2-3-11(9-12)10-13(15)14-5-7-19(16,17)8-6-14/h11-12H,2-10H2,1H3. The van der Waals surface area contributed by atoms with Crippen LogP contribution in [0.5, 0.6) is 0 Å². The van der Waals surface area contributed by atoms with Gasteiger partial charge in [0.05, 0.1) is 17.6 Å². The highest BCUT2D eigenvalue weighted by Gasteiger charge is 2.28. The van der Waals surface area contributed by atoms with Crippen LogP contribution in [0.3, 0.4) is 0 Å². The van der Waals surface area contributed by atoms with E-state index >= 15 is 0 Å². The fourth-order valence-corrected chi connectivity index (χ4v) is 4.18. The SMILES string of the molecule is COC1CCCC(CC(=O)N2CCS(=O)(=O)CC2)C1. The van der Waals surface area contributed by atoms with Crippen molar-refractivity contribution in [1.82, 2.24) is 4.90 Å². The van der Waals surface area contributed by atoms with E-state index in [0.29, 0.717) is 25.4 Å². The van der Waals surface area contributed by atoms with Gasteiger partial charge in [-0.1, -0.05) is 6.42 Å². The zero-order valence-corrected chi connectivity index (χ0v) is 12.3. The van der Waals surface area contributed by atoms with Gasteiger partial charge >= 0.3 is 0 Å². The number of amides is 1. The largest absolute Gasteiger partial charge is 0.381 e. The number of carbonyl (C=O) groups is 1. The minimum Gasteiger partial charge on any atom is -0.381 e. The van der Waals surface area contributed by atoms with Gasteiger partial charge in [0, 0.05) is 26.6 Å². The van der Waals surface area contributed by atoms with Crippen molar-refractivity contribution >= 4 is 15.7 Å². The van der Waals surface area contributed by atoms with Crippen LogP contribution in [0.15, 0.2) is 0 Å². The summed E-state index contributed by atoms with van der Waals surface area (Å²) >= 11 is 0. The summed E-state index contributed by atoms with van der Waals surface area (Å²) in [6.07, 6.45) is 5.06. The van der Waals surface area contributed by atoms with Gasteiger partial charge in [-0.2, -0.15) is 0 Å². The molecule has 0 N–H and O–H groups in total.